The van der Waals surface area contributed by atoms with E-state index in [1.165, 1.54) is 22.3 Å². The van der Waals surface area contributed by atoms with Crippen LogP contribution in [0.15, 0.2) is 61.3 Å². The van der Waals surface area contributed by atoms with Gasteiger partial charge < -0.3 is 5.32 Å². The van der Waals surface area contributed by atoms with Gasteiger partial charge in [-0.3, -0.25) is 15.0 Å². The van der Waals surface area contributed by atoms with E-state index >= 15 is 0 Å². The molecule has 1 atom stereocenters. The van der Waals surface area contributed by atoms with Crippen LogP contribution in [0.2, 0.25) is 0 Å². The Bertz CT molecular complexity index is 875. The lowest BCUT2D eigenvalue weighted by molar-refractivity contribution is 0.412. The molecule has 132 valence electrons. The first-order valence-corrected chi connectivity index (χ1v) is 9.16. The number of aromatic nitrogens is 3. The van der Waals surface area contributed by atoms with E-state index in [1.807, 2.05) is 24.7 Å². The summed E-state index contributed by atoms with van der Waals surface area (Å²) in [6.45, 7) is 5.30. The van der Waals surface area contributed by atoms with Crippen molar-refractivity contribution < 1.29 is 0 Å². The number of fused-ring (bicyclic) bond motifs is 1. The lowest BCUT2D eigenvalue weighted by atomic mass is 9.89. The number of hydrogen-bond donors (Lipinski definition) is 1. The highest BCUT2D eigenvalue weighted by atomic mass is 14.9. The van der Waals surface area contributed by atoms with Crippen LogP contribution >= 0.6 is 0 Å². The average molecular weight is 344 g/mol. The Morgan fingerprint density at radius 1 is 1.04 bits per heavy atom. The normalized spacial score (nSPS) is 16.5. The topological polar surface area (TPSA) is 50.7 Å². The van der Waals surface area contributed by atoms with Crippen molar-refractivity contribution in [2.24, 2.45) is 0 Å². The van der Waals surface area contributed by atoms with E-state index in [0.717, 1.165) is 25.1 Å². The van der Waals surface area contributed by atoms with Gasteiger partial charge in [-0.05, 0) is 41.2 Å². The van der Waals surface area contributed by atoms with Crippen LogP contribution in [0.1, 0.15) is 43.1 Å². The Hall–Kier alpha value is -2.59. The standard InChI is InChI=1S/C22H24N4/c1-22(2,21-14-24-10-11-25-21)15-26-20-8-6-17-12-16(5-7-19(17)20)18-4-3-9-23-13-18/h3-5,7,9-14,20,26H,6,8,15H2,1-2H3. The summed E-state index contributed by atoms with van der Waals surface area (Å²) in [7, 11) is 0. The van der Waals surface area contributed by atoms with Gasteiger partial charge in [-0.1, -0.05) is 38.1 Å². The SMILES string of the molecule is CC(C)(CNC1CCc2cc(-c3cccnc3)ccc21)c1cnccn1. The summed E-state index contributed by atoms with van der Waals surface area (Å²) in [5, 5.41) is 3.76. The smallest absolute Gasteiger partial charge is 0.0655 e. The molecule has 4 heteroatoms. The predicted molar refractivity (Wildman–Crippen MR) is 104 cm³/mol. The summed E-state index contributed by atoms with van der Waals surface area (Å²) in [4.78, 5) is 12.9. The van der Waals surface area contributed by atoms with Crippen LogP contribution < -0.4 is 5.32 Å². The van der Waals surface area contributed by atoms with Crippen LogP contribution in [0.25, 0.3) is 11.1 Å². The molecule has 0 fully saturated rings. The zero-order valence-corrected chi connectivity index (χ0v) is 15.3. The van der Waals surface area contributed by atoms with Crippen LogP contribution in [0.5, 0.6) is 0 Å². The summed E-state index contributed by atoms with van der Waals surface area (Å²) in [5.41, 5.74) is 6.27. The van der Waals surface area contributed by atoms with Crippen molar-refractivity contribution in [2.75, 3.05) is 6.54 Å². The van der Waals surface area contributed by atoms with Crippen LogP contribution in [-0.2, 0) is 11.8 Å². The summed E-state index contributed by atoms with van der Waals surface area (Å²) in [6, 6.07) is 11.3. The molecule has 1 aromatic carbocycles. The van der Waals surface area contributed by atoms with Gasteiger partial charge in [-0.2, -0.15) is 0 Å². The molecule has 0 saturated heterocycles. The molecule has 1 aliphatic rings. The molecular formula is C22H24N4. The third-order valence-electron chi connectivity index (χ3n) is 5.26. The second-order valence-electron chi connectivity index (χ2n) is 7.60. The molecule has 4 nitrogen and oxygen atoms in total. The third-order valence-corrected chi connectivity index (χ3v) is 5.26. The first-order chi connectivity index (χ1) is 12.6. The van der Waals surface area contributed by atoms with Gasteiger partial charge in [0, 0.05) is 49.0 Å². The Balaban J connectivity index is 1.48. The number of hydrogen-bond acceptors (Lipinski definition) is 4. The maximum Gasteiger partial charge on any atom is 0.0655 e. The van der Waals surface area contributed by atoms with Crippen molar-refractivity contribution >= 4 is 0 Å². The van der Waals surface area contributed by atoms with Gasteiger partial charge in [0.05, 0.1) is 5.69 Å². The predicted octanol–water partition coefficient (Wildman–Crippen LogP) is 4.09. The fourth-order valence-electron chi connectivity index (χ4n) is 3.66. The molecule has 1 aliphatic carbocycles. The Kier molecular flexibility index (Phi) is 4.51. The van der Waals surface area contributed by atoms with Gasteiger partial charge in [0.1, 0.15) is 0 Å². The van der Waals surface area contributed by atoms with Gasteiger partial charge in [0.25, 0.3) is 0 Å². The van der Waals surface area contributed by atoms with Gasteiger partial charge >= 0.3 is 0 Å². The molecular weight excluding hydrogens is 320 g/mol. The van der Waals surface area contributed by atoms with Gasteiger partial charge in [0.2, 0.25) is 0 Å². The Labute approximate surface area is 154 Å². The lowest BCUT2D eigenvalue weighted by Gasteiger charge is -2.26. The fraction of sp³-hybridized carbons (Fsp3) is 0.318. The molecule has 1 unspecified atom stereocenters. The second-order valence-corrected chi connectivity index (χ2v) is 7.60. The first kappa shape index (κ1) is 16.9. The monoisotopic (exact) mass is 344 g/mol. The minimum Gasteiger partial charge on any atom is -0.309 e. The number of nitrogens with one attached hydrogen (secondary N) is 1. The zero-order chi connectivity index (χ0) is 18.0. The zero-order valence-electron chi connectivity index (χ0n) is 15.3. The van der Waals surface area contributed by atoms with E-state index < -0.39 is 0 Å². The Morgan fingerprint density at radius 2 is 1.92 bits per heavy atom. The maximum atomic E-state index is 4.48. The molecule has 0 radical (unpaired) electrons. The first-order valence-electron chi connectivity index (χ1n) is 9.16. The molecule has 3 aromatic rings. The highest BCUT2D eigenvalue weighted by Crippen LogP contribution is 2.34. The number of pyridine rings is 1. The van der Waals surface area contributed by atoms with Crippen molar-refractivity contribution in [3.8, 4) is 11.1 Å². The summed E-state index contributed by atoms with van der Waals surface area (Å²) in [6.07, 6.45) is 11.4. The number of benzene rings is 1. The highest BCUT2D eigenvalue weighted by molar-refractivity contribution is 5.64. The molecule has 0 aliphatic heterocycles. The van der Waals surface area contributed by atoms with Gasteiger partial charge in [0.15, 0.2) is 0 Å². The molecule has 0 saturated carbocycles. The van der Waals surface area contributed by atoms with E-state index in [2.05, 4.69) is 58.4 Å². The van der Waals surface area contributed by atoms with E-state index in [-0.39, 0.29) is 5.41 Å². The third kappa shape index (κ3) is 3.37. The van der Waals surface area contributed by atoms with E-state index in [1.54, 1.807) is 12.4 Å². The molecule has 1 N–H and O–H groups in total. The molecule has 0 amide bonds. The minimum absolute atomic E-state index is 0.0489. The highest BCUT2D eigenvalue weighted by Gasteiger charge is 2.27. The van der Waals surface area contributed by atoms with Crippen LogP contribution in [0.3, 0.4) is 0 Å². The summed E-state index contributed by atoms with van der Waals surface area (Å²) in [5.74, 6) is 0. The summed E-state index contributed by atoms with van der Waals surface area (Å²) < 4.78 is 0. The van der Waals surface area contributed by atoms with E-state index in [4.69, 9.17) is 0 Å². The van der Waals surface area contributed by atoms with Crippen molar-refractivity contribution in [3.63, 3.8) is 0 Å². The fourth-order valence-corrected chi connectivity index (χ4v) is 3.66. The average Bonchev–Trinajstić information content (AvgIpc) is 3.10. The maximum absolute atomic E-state index is 4.48. The lowest BCUT2D eigenvalue weighted by Crippen LogP contribution is -2.35. The molecule has 0 spiro atoms. The molecule has 2 heterocycles. The van der Waals surface area contributed by atoms with Crippen LogP contribution in [-0.4, -0.2) is 21.5 Å². The number of rotatable bonds is 5. The minimum atomic E-state index is -0.0489. The molecule has 2 aromatic heterocycles. The second kappa shape index (κ2) is 6.96. The number of aryl methyl sites for hydroxylation is 1. The molecule has 26 heavy (non-hydrogen) atoms. The van der Waals surface area contributed by atoms with Gasteiger partial charge in [-0.25, -0.2) is 0 Å². The van der Waals surface area contributed by atoms with Gasteiger partial charge in [-0.15, -0.1) is 0 Å². The van der Waals surface area contributed by atoms with Crippen molar-refractivity contribution in [3.05, 3.63) is 78.1 Å². The van der Waals surface area contributed by atoms with E-state index in [9.17, 15) is 0 Å². The Morgan fingerprint density at radius 3 is 2.69 bits per heavy atom. The van der Waals surface area contributed by atoms with Crippen LogP contribution in [0, 0.1) is 0 Å². The van der Waals surface area contributed by atoms with Crippen molar-refractivity contribution in [1.29, 1.82) is 0 Å². The van der Waals surface area contributed by atoms with E-state index in [0.29, 0.717) is 6.04 Å². The molecule has 4 rings (SSSR count). The quantitative estimate of drug-likeness (QED) is 0.757. The molecule has 0 bridgehead atoms. The largest absolute Gasteiger partial charge is 0.309 e. The van der Waals surface area contributed by atoms with Crippen LogP contribution in [0.4, 0.5) is 0 Å². The van der Waals surface area contributed by atoms with Crippen molar-refractivity contribution in [1.82, 2.24) is 20.3 Å². The van der Waals surface area contributed by atoms with Crippen molar-refractivity contribution in [2.45, 2.75) is 38.1 Å². The summed E-state index contributed by atoms with van der Waals surface area (Å²) >= 11 is 0. The number of nitrogens with zero attached hydrogens (tertiary/aromatic N) is 3.